The van der Waals surface area contributed by atoms with Gasteiger partial charge >= 0.3 is 0 Å². The molecule has 1 N–H and O–H groups in total. The quantitative estimate of drug-likeness (QED) is 0.363. The number of sulfonamides is 1. The van der Waals surface area contributed by atoms with E-state index in [1.807, 2.05) is 75.4 Å². The normalized spacial score (nSPS) is 12.1. The number of nitrogens with one attached hydrogen (secondary N) is 1. The van der Waals surface area contributed by atoms with Gasteiger partial charge in [0.2, 0.25) is 21.8 Å². The maximum Gasteiger partial charge on any atom is 0.244 e. The highest BCUT2D eigenvalue weighted by Crippen LogP contribution is 2.23. The zero-order valence-corrected chi connectivity index (χ0v) is 23.9. The first kappa shape index (κ1) is 29.7. The first-order valence-electron chi connectivity index (χ1n) is 12.8. The Kier molecular flexibility index (Phi) is 10.1. The Hall–Kier alpha value is -3.85. The molecule has 1 atom stereocenters. The number of anilines is 1. The largest absolute Gasteiger partial charge is 0.489 e. The minimum atomic E-state index is -3.81. The molecule has 2 amide bonds. The van der Waals surface area contributed by atoms with E-state index in [0.29, 0.717) is 18.0 Å². The summed E-state index contributed by atoms with van der Waals surface area (Å²) in [4.78, 5) is 27.9. The van der Waals surface area contributed by atoms with Crippen molar-refractivity contribution in [3.8, 4) is 5.75 Å². The van der Waals surface area contributed by atoms with Crippen molar-refractivity contribution in [3.63, 3.8) is 0 Å². The summed E-state index contributed by atoms with van der Waals surface area (Å²) in [5.74, 6) is -0.225. The van der Waals surface area contributed by atoms with Gasteiger partial charge in [0.15, 0.2) is 0 Å². The first-order valence-corrected chi connectivity index (χ1v) is 14.7. The van der Waals surface area contributed by atoms with Gasteiger partial charge in [0.25, 0.3) is 0 Å². The molecular weight excluding hydrogens is 514 g/mol. The van der Waals surface area contributed by atoms with Crippen molar-refractivity contribution in [1.82, 2.24) is 10.2 Å². The summed E-state index contributed by atoms with van der Waals surface area (Å²) in [5.41, 5.74) is 3.20. The molecule has 0 spiro atoms. The number of benzene rings is 3. The van der Waals surface area contributed by atoms with E-state index in [-0.39, 0.29) is 18.5 Å². The van der Waals surface area contributed by atoms with Crippen molar-refractivity contribution in [1.29, 1.82) is 0 Å². The highest BCUT2D eigenvalue weighted by molar-refractivity contribution is 7.92. The Morgan fingerprint density at radius 3 is 2.13 bits per heavy atom. The molecule has 3 aromatic rings. The van der Waals surface area contributed by atoms with Gasteiger partial charge in [0.1, 0.15) is 24.9 Å². The van der Waals surface area contributed by atoms with E-state index in [0.717, 1.165) is 27.3 Å². The topological polar surface area (TPSA) is 96.0 Å². The van der Waals surface area contributed by atoms with E-state index in [9.17, 15) is 18.0 Å². The van der Waals surface area contributed by atoms with Gasteiger partial charge in [-0.05, 0) is 63.1 Å². The number of rotatable bonds is 12. The van der Waals surface area contributed by atoms with Crippen molar-refractivity contribution in [2.75, 3.05) is 17.1 Å². The summed E-state index contributed by atoms with van der Waals surface area (Å²) in [6, 6.07) is 23.0. The number of carbonyl (C=O) groups excluding carboxylic acids is 2. The second-order valence-electron chi connectivity index (χ2n) is 9.89. The van der Waals surface area contributed by atoms with Crippen LogP contribution in [0.4, 0.5) is 5.69 Å². The van der Waals surface area contributed by atoms with E-state index >= 15 is 0 Å². The maximum absolute atomic E-state index is 13.6. The van der Waals surface area contributed by atoms with Gasteiger partial charge in [0, 0.05) is 12.6 Å². The van der Waals surface area contributed by atoms with Crippen LogP contribution in [0.2, 0.25) is 0 Å². The molecule has 0 bridgehead atoms. The number of carbonyl (C=O) groups is 2. The van der Waals surface area contributed by atoms with Crippen LogP contribution in [0, 0.1) is 6.92 Å². The van der Waals surface area contributed by atoms with Crippen molar-refractivity contribution < 1.29 is 22.7 Å². The monoisotopic (exact) mass is 551 g/mol. The molecule has 0 radical (unpaired) electrons. The highest BCUT2D eigenvalue weighted by atomic mass is 32.2. The summed E-state index contributed by atoms with van der Waals surface area (Å²) >= 11 is 0. The van der Waals surface area contributed by atoms with Crippen LogP contribution in [0.25, 0.3) is 0 Å². The number of hydrogen-bond acceptors (Lipinski definition) is 5. The van der Waals surface area contributed by atoms with Crippen LogP contribution in [-0.4, -0.2) is 50.0 Å². The zero-order valence-electron chi connectivity index (χ0n) is 23.1. The highest BCUT2D eigenvalue weighted by Gasteiger charge is 2.30. The third-order valence-corrected chi connectivity index (χ3v) is 7.23. The van der Waals surface area contributed by atoms with E-state index in [4.69, 9.17) is 4.74 Å². The van der Waals surface area contributed by atoms with E-state index in [1.165, 1.54) is 4.90 Å². The lowest BCUT2D eigenvalue weighted by atomic mass is 10.1. The molecule has 0 aliphatic heterocycles. The molecule has 0 heterocycles. The molecule has 39 heavy (non-hydrogen) atoms. The third kappa shape index (κ3) is 8.85. The van der Waals surface area contributed by atoms with Crippen LogP contribution in [0.15, 0.2) is 78.9 Å². The third-order valence-electron chi connectivity index (χ3n) is 6.09. The van der Waals surface area contributed by atoms with Crippen molar-refractivity contribution in [2.45, 2.75) is 52.9 Å². The fourth-order valence-corrected chi connectivity index (χ4v) is 4.91. The van der Waals surface area contributed by atoms with Crippen LogP contribution in [0.1, 0.15) is 37.5 Å². The molecule has 0 aliphatic carbocycles. The molecule has 1 unspecified atom stereocenters. The van der Waals surface area contributed by atoms with Gasteiger partial charge < -0.3 is 15.0 Å². The maximum atomic E-state index is 13.6. The summed E-state index contributed by atoms with van der Waals surface area (Å²) in [6.45, 7) is 7.37. The summed E-state index contributed by atoms with van der Waals surface area (Å²) < 4.78 is 32.4. The Morgan fingerprint density at radius 1 is 0.897 bits per heavy atom. The Bertz CT molecular complexity index is 1360. The van der Waals surface area contributed by atoms with Gasteiger partial charge in [0.05, 0.1) is 11.9 Å². The molecule has 208 valence electrons. The molecule has 0 saturated carbocycles. The van der Waals surface area contributed by atoms with Gasteiger partial charge in [-0.1, -0.05) is 60.2 Å². The van der Waals surface area contributed by atoms with E-state index < -0.39 is 28.5 Å². The minimum absolute atomic E-state index is 0.106. The van der Waals surface area contributed by atoms with Crippen molar-refractivity contribution in [3.05, 3.63) is 95.6 Å². The Morgan fingerprint density at radius 2 is 1.54 bits per heavy atom. The molecule has 0 saturated heterocycles. The molecular formula is C30H37N3O5S. The molecule has 8 nitrogen and oxygen atoms in total. The molecule has 3 rings (SSSR count). The second-order valence-corrected chi connectivity index (χ2v) is 11.8. The van der Waals surface area contributed by atoms with Crippen molar-refractivity contribution in [2.24, 2.45) is 0 Å². The van der Waals surface area contributed by atoms with Gasteiger partial charge in [-0.3, -0.25) is 13.9 Å². The average molecular weight is 552 g/mol. The van der Waals surface area contributed by atoms with Crippen LogP contribution < -0.4 is 14.4 Å². The molecule has 0 aliphatic rings. The SMILES string of the molecule is Cc1cccc(CN(C(=O)CN(c2ccc(OCc3ccccc3)cc2)S(C)(=O)=O)C(C)C(=O)NC(C)C)c1. The Labute approximate surface area is 231 Å². The van der Waals surface area contributed by atoms with Gasteiger partial charge in [-0.25, -0.2) is 8.42 Å². The second kappa shape index (κ2) is 13.3. The van der Waals surface area contributed by atoms with Crippen LogP contribution in [0.3, 0.4) is 0 Å². The number of hydrogen-bond donors (Lipinski definition) is 1. The lowest BCUT2D eigenvalue weighted by molar-refractivity contribution is -0.139. The lowest BCUT2D eigenvalue weighted by Gasteiger charge is -2.32. The summed E-state index contributed by atoms with van der Waals surface area (Å²) in [5, 5.41) is 2.84. The number of nitrogens with zero attached hydrogens (tertiary/aromatic N) is 2. The van der Waals surface area contributed by atoms with Crippen LogP contribution >= 0.6 is 0 Å². The van der Waals surface area contributed by atoms with Crippen LogP contribution in [-0.2, 0) is 32.8 Å². The number of ether oxygens (including phenoxy) is 1. The standard InChI is InChI=1S/C30H37N3O5S/c1-22(2)31-30(35)24(4)32(19-26-13-9-10-23(3)18-26)29(34)20-33(39(5,36)37)27-14-16-28(17-15-27)38-21-25-11-7-6-8-12-25/h6-18,22,24H,19-21H2,1-5H3,(H,31,35). The smallest absolute Gasteiger partial charge is 0.244 e. The number of aryl methyl sites for hydroxylation is 1. The predicted octanol–water partition coefficient (Wildman–Crippen LogP) is 4.28. The zero-order chi connectivity index (χ0) is 28.6. The van der Waals surface area contributed by atoms with Gasteiger partial charge in [-0.15, -0.1) is 0 Å². The molecule has 0 aromatic heterocycles. The van der Waals surface area contributed by atoms with Crippen molar-refractivity contribution >= 4 is 27.5 Å². The van der Waals surface area contributed by atoms with Gasteiger partial charge in [-0.2, -0.15) is 0 Å². The Balaban J connectivity index is 1.82. The minimum Gasteiger partial charge on any atom is -0.489 e. The fourth-order valence-electron chi connectivity index (χ4n) is 4.06. The molecule has 0 fully saturated rings. The first-order chi connectivity index (χ1) is 18.4. The molecule has 9 heteroatoms. The molecule has 3 aromatic carbocycles. The van der Waals surface area contributed by atoms with E-state index in [1.54, 1.807) is 31.2 Å². The van der Waals surface area contributed by atoms with Crippen LogP contribution in [0.5, 0.6) is 5.75 Å². The van der Waals surface area contributed by atoms with E-state index in [2.05, 4.69) is 5.32 Å². The fraction of sp³-hybridized carbons (Fsp3) is 0.333. The average Bonchev–Trinajstić information content (AvgIpc) is 2.88. The lowest BCUT2D eigenvalue weighted by Crippen LogP contribution is -2.52. The summed E-state index contributed by atoms with van der Waals surface area (Å²) in [7, 11) is -3.81. The predicted molar refractivity (Wildman–Crippen MR) is 154 cm³/mol. The number of amides is 2. The summed E-state index contributed by atoms with van der Waals surface area (Å²) in [6.07, 6.45) is 1.06.